The maximum absolute atomic E-state index is 10.7. The van der Waals surface area contributed by atoms with Crippen molar-refractivity contribution in [3.63, 3.8) is 0 Å². The van der Waals surface area contributed by atoms with Gasteiger partial charge in [0.2, 0.25) is 0 Å². The molecule has 1 atom stereocenters. The molecule has 0 spiro atoms. The van der Waals surface area contributed by atoms with E-state index in [1.54, 1.807) is 11.3 Å². The normalized spacial score (nSPS) is 13.6. The van der Waals surface area contributed by atoms with Crippen molar-refractivity contribution in [3.8, 4) is 5.75 Å². The van der Waals surface area contributed by atoms with E-state index in [-0.39, 0.29) is 0 Å². The number of aliphatic imine (C=N–C) groups is 1. The van der Waals surface area contributed by atoms with Crippen LogP contribution < -0.4 is 0 Å². The fourth-order valence-electron chi connectivity index (χ4n) is 2.47. The van der Waals surface area contributed by atoms with Gasteiger partial charge in [-0.1, -0.05) is 42.5 Å². The van der Waals surface area contributed by atoms with Crippen LogP contribution in [-0.2, 0) is 0 Å². The molecule has 0 fully saturated rings. The van der Waals surface area contributed by atoms with Gasteiger partial charge in [-0.2, -0.15) is 0 Å². The van der Waals surface area contributed by atoms with Crippen molar-refractivity contribution in [1.29, 1.82) is 0 Å². The van der Waals surface area contributed by atoms with Crippen LogP contribution in [-0.4, -0.2) is 42.4 Å². The van der Waals surface area contributed by atoms with Gasteiger partial charge in [0.25, 0.3) is 0 Å². The fourth-order valence-corrected chi connectivity index (χ4v) is 3.60. The lowest BCUT2D eigenvalue weighted by Crippen LogP contribution is -2.27. The number of benzene rings is 2. The molecule has 124 valence electrons. The summed E-state index contributed by atoms with van der Waals surface area (Å²) in [6.45, 7) is 2.84. The van der Waals surface area contributed by atoms with Crippen molar-refractivity contribution in [2.75, 3.05) is 20.6 Å². The van der Waals surface area contributed by atoms with E-state index in [2.05, 4.69) is 25.9 Å². The van der Waals surface area contributed by atoms with Gasteiger partial charge in [-0.3, -0.25) is 4.99 Å². The zero-order valence-electron chi connectivity index (χ0n) is 14.2. The molecule has 1 heterocycles. The van der Waals surface area contributed by atoms with Gasteiger partial charge in [0.05, 0.1) is 17.1 Å². The second kappa shape index (κ2) is 7.16. The van der Waals surface area contributed by atoms with Crippen LogP contribution in [0.3, 0.4) is 0 Å². The number of likely N-dealkylation sites (N-methyl/N-ethyl adjacent to an activating group) is 1. The lowest BCUT2D eigenvalue weighted by molar-refractivity contribution is 0.321. The van der Waals surface area contributed by atoms with Crippen molar-refractivity contribution in [3.05, 3.63) is 65.0 Å². The number of hydrogen-bond acceptors (Lipinski definition) is 4. The van der Waals surface area contributed by atoms with Gasteiger partial charge >= 0.3 is 0 Å². The van der Waals surface area contributed by atoms with E-state index in [0.717, 1.165) is 26.2 Å². The molecule has 3 aromatic rings. The van der Waals surface area contributed by atoms with Gasteiger partial charge in [-0.05, 0) is 33.2 Å². The summed E-state index contributed by atoms with van der Waals surface area (Å²) < 4.78 is 1.08. The summed E-state index contributed by atoms with van der Waals surface area (Å²) in [6, 6.07) is 18.4. The van der Waals surface area contributed by atoms with Crippen LogP contribution in [0.5, 0.6) is 5.75 Å². The summed E-state index contributed by atoms with van der Waals surface area (Å²) in [5, 5.41) is 11.6. The zero-order valence-corrected chi connectivity index (χ0v) is 15.0. The minimum atomic E-state index is 0.329. The number of thiophene rings is 1. The molecule has 2 aromatic carbocycles. The zero-order chi connectivity index (χ0) is 17.1. The predicted molar refractivity (Wildman–Crippen MR) is 104 cm³/mol. The van der Waals surface area contributed by atoms with E-state index >= 15 is 0 Å². The van der Waals surface area contributed by atoms with Crippen LogP contribution in [0.15, 0.2) is 59.6 Å². The monoisotopic (exact) mass is 338 g/mol. The van der Waals surface area contributed by atoms with Crippen molar-refractivity contribution in [1.82, 2.24) is 4.90 Å². The summed E-state index contributed by atoms with van der Waals surface area (Å²) in [5.74, 6) is 0.329. The van der Waals surface area contributed by atoms with Gasteiger partial charge in [0, 0.05) is 21.7 Å². The Morgan fingerprint density at radius 2 is 1.75 bits per heavy atom. The summed E-state index contributed by atoms with van der Waals surface area (Å²) in [7, 11) is 4.11. The van der Waals surface area contributed by atoms with E-state index in [1.165, 1.54) is 0 Å². The molecule has 0 aliphatic heterocycles. The topological polar surface area (TPSA) is 35.8 Å². The molecule has 3 rings (SSSR count). The summed E-state index contributed by atoms with van der Waals surface area (Å²) in [4.78, 5) is 7.86. The third-order valence-electron chi connectivity index (χ3n) is 4.23. The smallest absolute Gasteiger partial charge is 0.143 e. The third kappa shape index (κ3) is 3.35. The highest BCUT2D eigenvalue weighted by molar-refractivity contribution is 7.21. The van der Waals surface area contributed by atoms with Crippen molar-refractivity contribution in [2.24, 2.45) is 4.99 Å². The van der Waals surface area contributed by atoms with Crippen molar-refractivity contribution >= 4 is 27.1 Å². The highest BCUT2D eigenvalue weighted by atomic mass is 32.1. The largest absolute Gasteiger partial charge is 0.506 e. The number of hydrogen-bond donors (Lipinski definition) is 1. The molecular weight excluding hydrogens is 316 g/mol. The molecule has 0 aliphatic rings. The van der Waals surface area contributed by atoms with E-state index in [0.29, 0.717) is 18.3 Å². The maximum atomic E-state index is 10.7. The van der Waals surface area contributed by atoms with Crippen molar-refractivity contribution < 1.29 is 5.11 Å². The highest BCUT2D eigenvalue weighted by Gasteiger charge is 2.18. The van der Waals surface area contributed by atoms with Gasteiger partial charge < -0.3 is 10.0 Å². The Morgan fingerprint density at radius 3 is 2.42 bits per heavy atom. The Balaban J connectivity index is 2.10. The van der Waals surface area contributed by atoms with Gasteiger partial charge in [0.1, 0.15) is 5.75 Å². The minimum Gasteiger partial charge on any atom is -0.506 e. The molecule has 1 N–H and O–H groups in total. The van der Waals surface area contributed by atoms with Crippen LogP contribution >= 0.6 is 11.3 Å². The molecule has 0 saturated carbocycles. The van der Waals surface area contributed by atoms with Crippen LogP contribution in [0.25, 0.3) is 10.1 Å². The minimum absolute atomic E-state index is 0.329. The number of rotatable bonds is 5. The number of nitrogens with zero attached hydrogens (tertiary/aromatic N) is 2. The summed E-state index contributed by atoms with van der Waals surface area (Å²) in [5.41, 5.74) is 1.90. The predicted octanol–water partition coefficient (Wildman–Crippen LogP) is 4.39. The fraction of sp³-hybridized carbons (Fsp3) is 0.250. The number of aromatic hydroxyl groups is 1. The molecule has 0 radical (unpaired) electrons. The number of fused-ring (bicyclic) bond motifs is 1. The lowest BCUT2D eigenvalue weighted by atomic mass is 10.1. The maximum Gasteiger partial charge on any atom is 0.143 e. The van der Waals surface area contributed by atoms with Crippen LogP contribution in [0, 0.1) is 0 Å². The molecule has 24 heavy (non-hydrogen) atoms. The molecule has 0 amide bonds. The Bertz CT molecular complexity index is 852. The Kier molecular flexibility index (Phi) is 4.97. The molecule has 1 unspecified atom stereocenters. The molecule has 0 bridgehead atoms. The van der Waals surface area contributed by atoms with Crippen LogP contribution in [0.2, 0.25) is 0 Å². The molecule has 1 aromatic heterocycles. The van der Waals surface area contributed by atoms with Gasteiger partial charge in [0.15, 0.2) is 0 Å². The molecule has 4 heteroatoms. The first kappa shape index (κ1) is 16.7. The second-order valence-electron chi connectivity index (χ2n) is 6.14. The Morgan fingerprint density at radius 1 is 1.08 bits per heavy atom. The van der Waals surface area contributed by atoms with Gasteiger partial charge in [-0.25, -0.2) is 0 Å². The standard InChI is InChI=1S/C20H22N2OS/c1-14(22(2)3)13-21-18(15-9-5-4-6-10-15)20-19(23)16-11-7-8-12-17(16)24-20/h4-12,14,23H,13H2,1-3H3. The first-order chi connectivity index (χ1) is 11.6. The van der Waals surface area contributed by atoms with Crippen molar-refractivity contribution in [2.45, 2.75) is 13.0 Å². The van der Waals surface area contributed by atoms with Gasteiger partial charge in [-0.15, -0.1) is 11.3 Å². The van der Waals surface area contributed by atoms with E-state index in [9.17, 15) is 5.11 Å². The lowest BCUT2D eigenvalue weighted by Gasteiger charge is -2.18. The van der Waals surface area contributed by atoms with Crippen LogP contribution in [0.4, 0.5) is 0 Å². The second-order valence-corrected chi connectivity index (χ2v) is 7.20. The van der Waals surface area contributed by atoms with E-state index < -0.39 is 0 Å². The quantitative estimate of drug-likeness (QED) is 0.700. The molecule has 0 saturated heterocycles. The SMILES string of the molecule is CC(CN=C(c1ccccc1)c1sc2ccccc2c1O)N(C)C. The third-order valence-corrected chi connectivity index (χ3v) is 5.39. The van der Waals surface area contributed by atoms with Crippen LogP contribution in [0.1, 0.15) is 17.4 Å². The first-order valence-corrected chi connectivity index (χ1v) is 8.86. The average Bonchev–Trinajstić information content (AvgIpc) is 2.93. The Hall–Kier alpha value is -2.17. The summed E-state index contributed by atoms with van der Waals surface area (Å²) in [6.07, 6.45) is 0. The molecular formula is C20H22N2OS. The average molecular weight is 338 g/mol. The Labute approximate surface area is 146 Å². The highest BCUT2D eigenvalue weighted by Crippen LogP contribution is 2.38. The van der Waals surface area contributed by atoms with E-state index in [4.69, 9.17) is 4.99 Å². The molecule has 3 nitrogen and oxygen atoms in total. The molecule has 0 aliphatic carbocycles. The van der Waals surface area contributed by atoms with E-state index in [1.807, 2.05) is 54.6 Å². The summed E-state index contributed by atoms with van der Waals surface area (Å²) >= 11 is 1.59. The first-order valence-electron chi connectivity index (χ1n) is 8.05.